The van der Waals surface area contributed by atoms with Crippen molar-refractivity contribution < 1.29 is 5.11 Å². The zero-order valence-electron chi connectivity index (χ0n) is 7.13. The Hall–Kier alpha value is -0.640. The Labute approximate surface area is 94.7 Å². The van der Waals surface area contributed by atoms with E-state index in [0.717, 1.165) is 15.2 Å². The van der Waals surface area contributed by atoms with Crippen LogP contribution in [-0.2, 0) is 6.61 Å². The van der Waals surface area contributed by atoms with E-state index in [0.29, 0.717) is 10.6 Å². The quantitative estimate of drug-likeness (QED) is 0.799. The average Bonchev–Trinajstić information content (AvgIpc) is 2.19. The van der Waals surface area contributed by atoms with Gasteiger partial charge in [0.15, 0.2) is 0 Å². The number of rotatable bonds is 1. The fourth-order valence-electron chi connectivity index (χ4n) is 1.33. The fourth-order valence-corrected chi connectivity index (χ4v) is 2.07. The number of nitrogens with zero attached hydrogens (tertiary/aromatic N) is 1. The van der Waals surface area contributed by atoms with Gasteiger partial charge in [-0.05, 0) is 22.0 Å². The number of halogens is 2. The Morgan fingerprint density at radius 1 is 1.29 bits per heavy atom. The second-order valence-electron chi connectivity index (χ2n) is 2.94. The fraction of sp³-hybridized carbons (Fsp3) is 0.100. The SMILES string of the molecule is [O-]Cc1cc(Cl)c2cncc(Br)c2c1. The normalized spacial score (nSPS) is 10.8. The summed E-state index contributed by atoms with van der Waals surface area (Å²) < 4.78 is 0.854. The van der Waals surface area contributed by atoms with E-state index in [4.69, 9.17) is 11.6 Å². The standard InChI is InChI=1S/C10H6BrClNO/c11-9-4-13-3-8-7(9)1-6(5-14)2-10(8)12/h1-4H,5H2/q-1. The summed E-state index contributed by atoms with van der Waals surface area (Å²) in [4.78, 5) is 4.02. The van der Waals surface area contributed by atoms with Gasteiger partial charge in [-0.25, -0.2) is 0 Å². The maximum atomic E-state index is 10.7. The van der Waals surface area contributed by atoms with E-state index in [9.17, 15) is 5.11 Å². The largest absolute Gasteiger partial charge is 0.851 e. The summed E-state index contributed by atoms with van der Waals surface area (Å²) in [5, 5.41) is 13.1. The molecule has 2 aromatic rings. The molecule has 1 heterocycles. The van der Waals surface area contributed by atoms with Crippen LogP contribution in [0.3, 0.4) is 0 Å². The Morgan fingerprint density at radius 3 is 2.79 bits per heavy atom. The third-order valence-electron chi connectivity index (χ3n) is 2.00. The molecule has 0 bridgehead atoms. The third-order valence-corrected chi connectivity index (χ3v) is 2.95. The molecule has 2 nitrogen and oxygen atoms in total. The molecule has 0 aliphatic heterocycles. The molecule has 2 rings (SSSR count). The first-order chi connectivity index (χ1) is 6.72. The topological polar surface area (TPSA) is 36.0 Å². The molecule has 1 aromatic heterocycles. The molecule has 4 heteroatoms. The van der Waals surface area contributed by atoms with Crippen molar-refractivity contribution in [2.45, 2.75) is 6.61 Å². The van der Waals surface area contributed by atoms with Crippen LogP contribution in [0.5, 0.6) is 0 Å². The maximum Gasteiger partial charge on any atom is 0.0502 e. The van der Waals surface area contributed by atoms with Gasteiger partial charge in [0.05, 0.1) is 5.02 Å². The second-order valence-corrected chi connectivity index (χ2v) is 4.20. The van der Waals surface area contributed by atoms with Gasteiger partial charge < -0.3 is 5.11 Å². The average molecular weight is 272 g/mol. The van der Waals surface area contributed by atoms with Gasteiger partial charge in [0, 0.05) is 27.6 Å². The van der Waals surface area contributed by atoms with Crippen LogP contribution in [-0.4, -0.2) is 4.98 Å². The van der Waals surface area contributed by atoms with Crippen LogP contribution in [0.15, 0.2) is 29.0 Å². The van der Waals surface area contributed by atoms with E-state index >= 15 is 0 Å². The van der Waals surface area contributed by atoms with Gasteiger partial charge in [-0.3, -0.25) is 4.98 Å². The highest BCUT2D eigenvalue weighted by Crippen LogP contribution is 2.29. The predicted molar refractivity (Wildman–Crippen MR) is 58.2 cm³/mol. The van der Waals surface area contributed by atoms with Crippen molar-refractivity contribution in [3.63, 3.8) is 0 Å². The Kier molecular flexibility index (Phi) is 2.72. The first-order valence-corrected chi connectivity index (χ1v) is 5.19. The third kappa shape index (κ3) is 1.63. The van der Waals surface area contributed by atoms with Gasteiger partial charge in [-0.1, -0.05) is 23.2 Å². The molecule has 1 aromatic carbocycles. The van der Waals surface area contributed by atoms with Crippen LogP contribution >= 0.6 is 27.5 Å². The van der Waals surface area contributed by atoms with E-state index < -0.39 is 0 Å². The number of pyridine rings is 1. The lowest BCUT2D eigenvalue weighted by Gasteiger charge is -2.08. The van der Waals surface area contributed by atoms with Crippen LogP contribution in [0.4, 0.5) is 0 Å². The van der Waals surface area contributed by atoms with Crippen molar-refractivity contribution in [1.29, 1.82) is 0 Å². The minimum absolute atomic E-state index is 0.260. The van der Waals surface area contributed by atoms with Gasteiger partial charge in [-0.2, -0.15) is 0 Å². The van der Waals surface area contributed by atoms with Crippen molar-refractivity contribution >= 4 is 38.3 Å². The van der Waals surface area contributed by atoms with Gasteiger partial charge in [-0.15, -0.1) is 6.61 Å². The number of hydrogen-bond acceptors (Lipinski definition) is 2. The Balaban J connectivity index is 2.83. The molecule has 0 N–H and O–H groups in total. The second kappa shape index (κ2) is 3.85. The molecule has 0 fully saturated rings. The molecule has 0 atom stereocenters. The Bertz CT molecular complexity index is 487. The summed E-state index contributed by atoms with van der Waals surface area (Å²) in [6.45, 7) is -0.260. The molecule has 0 spiro atoms. The van der Waals surface area contributed by atoms with Gasteiger partial charge >= 0.3 is 0 Å². The Morgan fingerprint density at radius 2 is 2.07 bits per heavy atom. The minimum atomic E-state index is -0.260. The lowest BCUT2D eigenvalue weighted by molar-refractivity contribution is -0.386. The molecular weight excluding hydrogens is 265 g/mol. The van der Waals surface area contributed by atoms with Crippen LogP contribution < -0.4 is 5.11 Å². The highest BCUT2D eigenvalue weighted by Gasteiger charge is 2.03. The van der Waals surface area contributed by atoms with Crippen molar-refractivity contribution in [2.24, 2.45) is 0 Å². The van der Waals surface area contributed by atoms with Gasteiger partial charge in [0.2, 0.25) is 0 Å². The van der Waals surface area contributed by atoms with Gasteiger partial charge in [0.25, 0.3) is 0 Å². The smallest absolute Gasteiger partial charge is 0.0502 e. The number of aromatic nitrogens is 1. The summed E-state index contributed by atoms with van der Waals surface area (Å²) in [5.41, 5.74) is 0.689. The lowest BCUT2D eigenvalue weighted by atomic mass is 10.1. The zero-order chi connectivity index (χ0) is 10.1. The van der Waals surface area contributed by atoms with Crippen LogP contribution in [0.2, 0.25) is 5.02 Å². The first-order valence-electron chi connectivity index (χ1n) is 4.02. The van der Waals surface area contributed by atoms with Crippen molar-refractivity contribution in [3.05, 3.63) is 39.6 Å². The molecular formula is C10H6BrClNO-. The van der Waals surface area contributed by atoms with E-state index in [1.807, 2.05) is 6.07 Å². The molecule has 0 saturated carbocycles. The molecule has 0 amide bonds. The van der Waals surface area contributed by atoms with Crippen LogP contribution in [0.25, 0.3) is 10.8 Å². The van der Waals surface area contributed by atoms with E-state index in [1.54, 1.807) is 18.5 Å². The molecule has 0 unspecified atom stereocenters. The van der Waals surface area contributed by atoms with E-state index in [-0.39, 0.29) is 6.61 Å². The summed E-state index contributed by atoms with van der Waals surface area (Å²) in [5.74, 6) is 0. The molecule has 0 saturated heterocycles. The lowest BCUT2D eigenvalue weighted by Crippen LogP contribution is -2.02. The summed E-state index contributed by atoms with van der Waals surface area (Å²) >= 11 is 9.38. The summed E-state index contributed by atoms with van der Waals surface area (Å²) in [6, 6.07) is 3.52. The predicted octanol–water partition coefficient (Wildman–Crippen LogP) is 2.51. The molecule has 0 radical (unpaired) electrons. The van der Waals surface area contributed by atoms with Crippen molar-refractivity contribution in [2.75, 3.05) is 0 Å². The number of hydrogen-bond donors (Lipinski definition) is 0. The monoisotopic (exact) mass is 270 g/mol. The van der Waals surface area contributed by atoms with Crippen molar-refractivity contribution in [3.8, 4) is 0 Å². The maximum absolute atomic E-state index is 10.7. The van der Waals surface area contributed by atoms with Crippen LogP contribution in [0.1, 0.15) is 5.56 Å². The zero-order valence-corrected chi connectivity index (χ0v) is 9.47. The molecule has 72 valence electrons. The highest BCUT2D eigenvalue weighted by molar-refractivity contribution is 9.10. The molecule has 14 heavy (non-hydrogen) atoms. The summed E-state index contributed by atoms with van der Waals surface area (Å²) in [7, 11) is 0. The number of benzene rings is 1. The van der Waals surface area contributed by atoms with E-state index in [1.165, 1.54) is 0 Å². The van der Waals surface area contributed by atoms with Crippen LogP contribution in [0, 0.1) is 0 Å². The number of fused-ring (bicyclic) bond motifs is 1. The van der Waals surface area contributed by atoms with Gasteiger partial charge in [0.1, 0.15) is 0 Å². The minimum Gasteiger partial charge on any atom is -0.851 e. The summed E-state index contributed by atoms with van der Waals surface area (Å²) in [6.07, 6.45) is 3.38. The first kappa shape index (κ1) is 9.90. The van der Waals surface area contributed by atoms with E-state index in [2.05, 4.69) is 20.9 Å². The highest BCUT2D eigenvalue weighted by atomic mass is 79.9. The molecule has 0 aliphatic rings. The van der Waals surface area contributed by atoms with Crippen molar-refractivity contribution in [1.82, 2.24) is 4.98 Å². The molecule has 0 aliphatic carbocycles.